The molecule has 240 valence electrons. The minimum atomic E-state index is -1.57. The molecule has 0 bridgehead atoms. The lowest BCUT2D eigenvalue weighted by atomic mass is 9.79. The number of hydrogen-bond acceptors (Lipinski definition) is 9. The number of carbonyl (C=O) groups is 1. The van der Waals surface area contributed by atoms with E-state index in [2.05, 4.69) is 25.4 Å². The fourth-order valence-electron chi connectivity index (χ4n) is 5.18. The number of aliphatic imine (C=N–C) groups is 1. The summed E-state index contributed by atoms with van der Waals surface area (Å²) < 4.78 is 22.9. The fourth-order valence-corrected chi connectivity index (χ4v) is 5.18. The van der Waals surface area contributed by atoms with Crippen molar-refractivity contribution in [3.63, 3.8) is 0 Å². The summed E-state index contributed by atoms with van der Waals surface area (Å²) in [5, 5.41) is 19.5. The van der Waals surface area contributed by atoms with E-state index < -0.39 is 23.8 Å². The number of methoxy groups -OCH3 is 2. The molecule has 1 heterocycles. The number of carbonyl (C=O) groups excluding carboxylic acids is 1. The van der Waals surface area contributed by atoms with Crippen molar-refractivity contribution in [3.8, 4) is 5.75 Å². The second-order valence-electron chi connectivity index (χ2n) is 10.3. The van der Waals surface area contributed by atoms with Gasteiger partial charge in [-0.05, 0) is 57.6 Å². The molecule has 1 aliphatic rings. The van der Waals surface area contributed by atoms with Gasteiger partial charge >= 0.3 is 0 Å². The van der Waals surface area contributed by atoms with Gasteiger partial charge < -0.3 is 29.4 Å². The average Bonchev–Trinajstić information content (AvgIpc) is 3.48. The molecule has 2 atom stereocenters. The zero-order valence-electron chi connectivity index (χ0n) is 25.7. The Morgan fingerprint density at radius 3 is 2.26 bits per heavy atom. The number of hydrogen-bond donors (Lipinski definition) is 2. The molecule has 2 N–H and O–H groups in total. The standard InChI is InChI=1S/C32H36N8O6/c1-43-28(44-2)21-35-31(42)32(18-23-8-3-4-9-24(23)19-36-39-33)29(27-11-6-5-10-25(27)20-37-40-34)46-30(38-32)22-12-14-26(15-13-22)45-17-7-16-41/h3-6,8-15,28-29,41H,7,16-21H2,1-2H3,(H,35,42)/t29-,32-/m1/s1. The summed E-state index contributed by atoms with van der Waals surface area (Å²) in [6, 6.07) is 21.7. The molecule has 0 unspecified atom stereocenters. The number of nitrogens with one attached hydrogen (secondary N) is 1. The highest BCUT2D eigenvalue weighted by Gasteiger charge is 2.54. The quantitative estimate of drug-likeness (QED) is 0.0668. The maximum atomic E-state index is 14.5. The van der Waals surface area contributed by atoms with Crippen molar-refractivity contribution in [3.05, 3.63) is 121 Å². The van der Waals surface area contributed by atoms with Gasteiger partial charge in [0, 0.05) is 49.1 Å². The van der Waals surface area contributed by atoms with Crippen LogP contribution in [-0.2, 0) is 38.5 Å². The fraction of sp³-hybridized carbons (Fsp3) is 0.375. The predicted octanol–water partition coefficient (Wildman–Crippen LogP) is 5.30. The molecular weight excluding hydrogens is 592 g/mol. The van der Waals surface area contributed by atoms with Crippen LogP contribution in [0, 0.1) is 0 Å². The molecule has 0 fully saturated rings. The van der Waals surface area contributed by atoms with Crippen molar-refractivity contribution in [2.24, 2.45) is 15.2 Å². The summed E-state index contributed by atoms with van der Waals surface area (Å²) in [4.78, 5) is 25.4. The second-order valence-corrected chi connectivity index (χ2v) is 10.3. The Kier molecular flexibility index (Phi) is 12.4. The van der Waals surface area contributed by atoms with E-state index in [9.17, 15) is 4.79 Å². The van der Waals surface area contributed by atoms with Crippen LogP contribution >= 0.6 is 0 Å². The van der Waals surface area contributed by atoms with E-state index in [0.717, 1.165) is 11.1 Å². The number of ether oxygens (including phenoxy) is 4. The Balaban J connectivity index is 1.88. The summed E-state index contributed by atoms with van der Waals surface area (Å²) >= 11 is 0. The highest BCUT2D eigenvalue weighted by Crippen LogP contribution is 2.44. The van der Waals surface area contributed by atoms with Crippen molar-refractivity contribution in [1.82, 2.24) is 5.32 Å². The van der Waals surface area contributed by atoms with Crippen molar-refractivity contribution >= 4 is 11.8 Å². The van der Waals surface area contributed by atoms with E-state index >= 15 is 0 Å². The highest BCUT2D eigenvalue weighted by atomic mass is 16.7. The van der Waals surface area contributed by atoms with Gasteiger partial charge in [0.2, 0.25) is 5.90 Å². The van der Waals surface area contributed by atoms with Crippen LogP contribution in [0.25, 0.3) is 20.9 Å². The molecule has 4 rings (SSSR count). The van der Waals surface area contributed by atoms with Crippen LogP contribution in [0.2, 0.25) is 0 Å². The van der Waals surface area contributed by atoms with Gasteiger partial charge in [0.15, 0.2) is 17.9 Å². The Bertz CT molecular complexity index is 1600. The monoisotopic (exact) mass is 628 g/mol. The summed E-state index contributed by atoms with van der Waals surface area (Å²) in [6.07, 6.45) is -1.09. The van der Waals surface area contributed by atoms with Gasteiger partial charge in [-0.1, -0.05) is 58.8 Å². The van der Waals surface area contributed by atoms with Gasteiger partial charge in [0.25, 0.3) is 5.91 Å². The largest absolute Gasteiger partial charge is 0.494 e. The molecule has 0 aromatic heterocycles. The van der Waals surface area contributed by atoms with Crippen LogP contribution < -0.4 is 10.1 Å². The van der Waals surface area contributed by atoms with E-state index in [4.69, 9.17) is 40.1 Å². The van der Waals surface area contributed by atoms with E-state index in [1.807, 2.05) is 48.5 Å². The van der Waals surface area contributed by atoms with Crippen molar-refractivity contribution < 1.29 is 28.8 Å². The van der Waals surface area contributed by atoms with Crippen LogP contribution in [0.5, 0.6) is 5.75 Å². The lowest BCUT2D eigenvalue weighted by molar-refractivity contribution is -0.134. The Morgan fingerprint density at radius 2 is 1.61 bits per heavy atom. The van der Waals surface area contributed by atoms with Crippen LogP contribution in [0.4, 0.5) is 0 Å². The molecule has 0 spiro atoms. The lowest BCUT2D eigenvalue weighted by Crippen LogP contribution is -2.52. The first kappa shape index (κ1) is 33.8. The summed E-state index contributed by atoms with van der Waals surface area (Å²) in [5.74, 6) is 0.379. The molecule has 1 aliphatic heterocycles. The number of aliphatic hydroxyl groups excluding tert-OH is 1. The number of amides is 1. The van der Waals surface area contributed by atoms with Gasteiger partial charge in [0.05, 0.1) is 26.2 Å². The minimum Gasteiger partial charge on any atom is -0.494 e. The third kappa shape index (κ3) is 8.13. The van der Waals surface area contributed by atoms with E-state index in [1.54, 1.807) is 24.3 Å². The van der Waals surface area contributed by atoms with Gasteiger partial charge in [-0.25, -0.2) is 4.99 Å². The number of nitrogens with zero attached hydrogens (tertiary/aromatic N) is 7. The molecule has 14 heteroatoms. The Hall–Kier alpha value is -5.10. The average molecular weight is 629 g/mol. The van der Waals surface area contributed by atoms with Crippen molar-refractivity contribution in [2.75, 3.05) is 34.0 Å². The molecule has 0 saturated carbocycles. The molecule has 0 radical (unpaired) electrons. The molecular formula is C32H36N8O6. The highest BCUT2D eigenvalue weighted by molar-refractivity contribution is 6.01. The molecule has 3 aromatic rings. The van der Waals surface area contributed by atoms with E-state index in [0.29, 0.717) is 35.5 Å². The lowest BCUT2D eigenvalue weighted by Gasteiger charge is -2.32. The van der Waals surface area contributed by atoms with Crippen LogP contribution in [0.3, 0.4) is 0 Å². The van der Waals surface area contributed by atoms with Gasteiger partial charge in [-0.3, -0.25) is 4.79 Å². The molecule has 46 heavy (non-hydrogen) atoms. The van der Waals surface area contributed by atoms with Gasteiger partial charge in [0.1, 0.15) is 5.75 Å². The van der Waals surface area contributed by atoms with E-state index in [1.165, 1.54) is 14.2 Å². The first-order valence-electron chi connectivity index (χ1n) is 14.6. The Labute approximate surface area is 266 Å². The number of benzene rings is 3. The zero-order chi connectivity index (χ0) is 32.8. The topological polar surface area (TPSA) is 196 Å². The second kappa shape index (κ2) is 16.8. The third-order valence-electron chi connectivity index (χ3n) is 7.51. The third-order valence-corrected chi connectivity index (χ3v) is 7.51. The van der Waals surface area contributed by atoms with Crippen LogP contribution in [-0.4, -0.2) is 62.7 Å². The number of aliphatic hydroxyl groups is 1. The smallest absolute Gasteiger partial charge is 0.252 e. The summed E-state index contributed by atoms with van der Waals surface area (Å²) in [6.45, 7) is 0.526. The first-order chi connectivity index (χ1) is 22.5. The van der Waals surface area contributed by atoms with Crippen molar-refractivity contribution in [1.29, 1.82) is 0 Å². The first-order valence-corrected chi connectivity index (χ1v) is 14.6. The van der Waals surface area contributed by atoms with Crippen LogP contribution in [0.15, 0.2) is 88.0 Å². The molecule has 1 amide bonds. The SMILES string of the molecule is COC(CNC(=O)[C@]1(Cc2ccccc2CN=[N+]=[N-])N=C(c2ccc(OCCCO)cc2)O[C@@H]1c1ccccc1CN=[N+]=[N-])OC. The van der Waals surface area contributed by atoms with E-state index in [-0.39, 0.29) is 38.6 Å². The number of azide groups is 2. The number of rotatable bonds is 17. The van der Waals surface area contributed by atoms with Gasteiger partial charge in [-0.2, -0.15) is 0 Å². The summed E-state index contributed by atoms with van der Waals surface area (Å²) in [5.41, 5.74) is 19.9. The van der Waals surface area contributed by atoms with Crippen molar-refractivity contribution in [2.45, 2.75) is 43.9 Å². The minimum absolute atomic E-state index is 0.0247. The summed E-state index contributed by atoms with van der Waals surface area (Å²) in [7, 11) is 2.95. The van der Waals surface area contributed by atoms with Gasteiger partial charge in [-0.15, -0.1) is 0 Å². The molecule has 3 aromatic carbocycles. The maximum absolute atomic E-state index is 14.5. The zero-order valence-corrected chi connectivity index (χ0v) is 25.7. The Morgan fingerprint density at radius 1 is 0.978 bits per heavy atom. The normalized spacial score (nSPS) is 17.0. The molecule has 0 saturated heterocycles. The maximum Gasteiger partial charge on any atom is 0.252 e. The molecule has 14 nitrogen and oxygen atoms in total. The van der Waals surface area contributed by atoms with Crippen LogP contribution in [0.1, 0.15) is 40.3 Å². The predicted molar refractivity (Wildman–Crippen MR) is 170 cm³/mol. The molecule has 0 aliphatic carbocycles.